The van der Waals surface area contributed by atoms with Crippen molar-refractivity contribution in [2.75, 3.05) is 26.3 Å². The van der Waals surface area contributed by atoms with Crippen molar-refractivity contribution in [2.24, 2.45) is 0 Å². The number of para-hydroxylation sites is 1. The van der Waals surface area contributed by atoms with Crippen molar-refractivity contribution in [3.05, 3.63) is 65.7 Å². The quantitative estimate of drug-likeness (QED) is 0.296. The van der Waals surface area contributed by atoms with Crippen molar-refractivity contribution in [2.45, 2.75) is 38.6 Å². The molecule has 2 N–H and O–H groups in total. The van der Waals surface area contributed by atoms with Gasteiger partial charge in [0, 0.05) is 19.5 Å². The first-order chi connectivity index (χ1) is 17.0. The van der Waals surface area contributed by atoms with Crippen LogP contribution < -0.4 is 15.4 Å². The predicted molar refractivity (Wildman–Crippen MR) is 136 cm³/mol. The first kappa shape index (κ1) is 26.2. The zero-order valence-corrected chi connectivity index (χ0v) is 20.6. The number of benzene rings is 2. The first-order valence-corrected chi connectivity index (χ1v) is 12.2. The zero-order chi connectivity index (χ0) is 25.0. The third-order valence-corrected chi connectivity index (χ3v) is 5.89. The second-order valence-electron chi connectivity index (χ2n) is 8.12. The van der Waals surface area contributed by atoms with Crippen LogP contribution in [0.4, 0.5) is 0 Å². The fourth-order valence-electron chi connectivity index (χ4n) is 3.65. The molecule has 1 atom stereocenters. The first-order valence-electron chi connectivity index (χ1n) is 11.8. The van der Waals surface area contributed by atoms with Gasteiger partial charge in [0.1, 0.15) is 11.8 Å². The Kier molecular flexibility index (Phi) is 10.0. The van der Waals surface area contributed by atoms with Crippen LogP contribution in [0.15, 0.2) is 54.6 Å². The molecule has 8 nitrogen and oxygen atoms in total. The number of hydrogen-bond acceptors (Lipinski definition) is 6. The van der Waals surface area contributed by atoms with Gasteiger partial charge in [-0.05, 0) is 36.3 Å². The smallest absolute Gasteiger partial charge is 0.308 e. The minimum atomic E-state index is -0.844. The van der Waals surface area contributed by atoms with E-state index < -0.39 is 17.9 Å². The summed E-state index contributed by atoms with van der Waals surface area (Å²) in [5, 5.41) is 5.52. The summed E-state index contributed by atoms with van der Waals surface area (Å²) in [7, 11) is 0. The monoisotopic (exact) mass is 497 g/mol. The average Bonchev–Trinajstić information content (AvgIpc) is 2.86. The van der Waals surface area contributed by atoms with Crippen molar-refractivity contribution in [1.29, 1.82) is 0 Å². The maximum atomic E-state index is 13.0. The molecular weight excluding hydrogens is 466 g/mol. The molecule has 1 saturated heterocycles. The Morgan fingerprint density at radius 2 is 1.86 bits per heavy atom. The van der Waals surface area contributed by atoms with Gasteiger partial charge in [-0.25, -0.2) is 0 Å². The maximum Gasteiger partial charge on any atom is 0.308 e. The van der Waals surface area contributed by atoms with E-state index in [1.54, 1.807) is 29.2 Å². The molecule has 0 aromatic heterocycles. The largest absolute Gasteiger partial charge is 0.492 e. The number of esters is 1. The summed E-state index contributed by atoms with van der Waals surface area (Å²) in [6.45, 7) is 3.44. The third-order valence-electron chi connectivity index (χ3n) is 5.56. The highest BCUT2D eigenvalue weighted by Gasteiger charge is 2.34. The Balaban J connectivity index is 1.61. The van der Waals surface area contributed by atoms with Crippen LogP contribution in [0.1, 0.15) is 42.1 Å². The van der Waals surface area contributed by atoms with Crippen molar-refractivity contribution in [3.63, 3.8) is 0 Å². The number of carbonyl (C=O) groups excluding carboxylic acids is 3. The number of piperazine rings is 1. The highest BCUT2D eigenvalue weighted by molar-refractivity contribution is 7.80. The van der Waals surface area contributed by atoms with Gasteiger partial charge in [-0.2, -0.15) is 0 Å². The lowest BCUT2D eigenvalue weighted by Gasteiger charge is -2.36. The lowest BCUT2D eigenvalue weighted by atomic mass is 10.1. The number of carbonyl (C=O) groups is 3. The zero-order valence-electron chi connectivity index (χ0n) is 19.8. The van der Waals surface area contributed by atoms with E-state index in [9.17, 15) is 14.4 Å². The number of nitrogens with zero attached hydrogens (tertiary/aromatic N) is 1. The molecule has 9 heteroatoms. The van der Waals surface area contributed by atoms with E-state index in [2.05, 4.69) is 10.6 Å². The summed E-state index contributed by atoms with van der Waals surface area (Å²) >= 11 is 5.46. The third kappa shape index (κ3) is 7.78. The molecule has 1 fully saturated rings. The summed E-state index contributed by atoms with van der Waals surface area (Å²) in [5.74, 6) is -0.807. The van der Waals surface area contributed by atoms with Crippen LogP contribution in [-0.4, -0.2) is 60.1 Å². The van der Waals surface area contributed by atoms with Crippen LogP contribution in [0.25, 0.3) is 0 Å². The number of thiocarbonyl (C=S) groups is 1. The van der Waals surface area contributed by atoms with Gasteiger partial charge in [0.05, 0.1) is 25.2 Å². The summed E-state index contributed by atoms with van der Waals surface area (Å²) in [6.07, 6.45) is 2.21. The molecule has 1 heterocycles. The molecule has 0 radical (unpaired) electrons. The summed E-state index contributed by atoms with van der Waals surface area (Å²) < 4.78 is 11.1. The molecule has 2 amide bonds. The van der Waals surface area contributed by atoms with E-state index in [1.165, 1.54) is 0 Å². The Morgan fingerprint density at radius 3 is 2.63 bits per heavy atom. The number of amides is 2. The fourth-order valence-corrected chi connectivity index (χ4v) is 3.96. The summed E-state index contributed by atoms with van der Waals surface area (Å²) in [5.41, 5.74) is 1.47. The van der Waals surface area contributed by atoms with Crippen molar-refractivity contribution in [1.82, 2.24) is 15.5 Å². The van der Waals surface area contributed by atoms with E-state index >= 15 is 0 Å². The number of nitrogens with one attached hydrogen (secondary N) is 2. The van der Waals surface area contributed by atoms with E-state index in [1.807, 2.05) is 37.3 Å². The molecule has 1 aliphatic rings. The number of hydrogen-bond donors (Lipinski definition) is 2. The van der Waals surface area contributed by atoms with Crippen LogP contribution in [0.5, 0.6) is 5.75 Å². The van der Waals surface area contributed by atoms with Gasteiger partial charge in [0.2, 0.25) is 5.91 Å². The van der Waals surface area contributed by atoms with Gasteiger partial charge >= 0.3 is 5.97 Å². The molecule has 0 bridgehead atoms. The van der Waals surface area contributed by atoms with Crippen LogP contribution in [-0.2, 0) is 20.7 Å². The van der Waals surface area contributed by atoms with Gasteiger partial charge in [-0.3, -0.25) is 19.7 Å². The van der Waals surface area contributed by atoms with E-state index in [4.69, 9.17) is 21.7 Å². The van der Waals surface area contributed by atoms with Crippen molar-refractivity contribution in [3.8, 4) is 5.75 Å². The molecule has 1 aliphatic heterocycles. The lowest BCUT2D eigenvalue weighted by molar-refractivity contribution is -0.147. The number of ether oxygens (including phenoxy) is 2. The molecule has 0 spiro atoms. The molecule has 2 aromatic rings. The standard InChI is InChI=1S/C26H31N3O5S/c1-2-3-16-34-23(30)18-21-25(32)27-14-15-29(21)26(35)28-24(31)20-11-7-8-12-22(20)33-17-13-19-9-5-4-6-10-19/h4-12,21H,2-3,13-18H2,1H3,(H,27,32)(H,28,31,35). The minimum Gasteiger partial charge on any atom is -0.492 e. The van der Waals surface area contributed by atoms with Crippen LogP contribution in [0, 0.1) is 0 Å². The normalized spacial score (nSPS) is 15.2. The van der Waals surface area contributed by atoms with Crippen molar-refractivity contribution >= 4 is 35.1 Å². The Hall–Kier alpha value is -3.46. The van der Waals surface area contributed by atoms with E-state index in [0.717, 1.165) is 18.4 Å². The van der Waals surface area contributed by atoms with Crippen LogP contribution >= 0.6 is 12.2 Å². The molecule has 0 saturated carbocycles. The molecule has 3 rings (SSSR count). The maximum absolute atomic E-state index is 13.0. The minimum absolute atomic E-state index is 0.0790. The molecule has 0 aliphatic carbocycles. The topological polar surface area (TPSA) is 97.0 Å². The van der Waals surface area contributed by atoms with Crippen molar-refractivity contribution < 1.29 is 23.9 Å². The number of rotatable bonds is 10. The molecular formula is C26H31N3O5S. The van der Waals surface area contributed by atoms with Crippen LogP contribution in [0.2, 0.25) is 0 Å². The van der Waals surface area contributed by atoms with Crippen LogP contribution in [0.3, 0.4) is 0 Å². The van der Waals surface area contributed by atoms with E-state index in [-0.39, 0.29) is 17.4 Å². The Bertz CT molecular complexity index is 1030. The Morgan fingerprint density at radius 1 is 1.11 bits per heavy atom. The number of unbranched alkanes of at least 4 members (excludes halogenated alkanes) is 1. The van der Waals surface area contributed by atoms with Gasteiger partial charge in [-0.15, -0.1) is 0 Å². The van der Waals surface area contributed by atoms with Gasteiger partial charge < -0.3 is 19.7 Å². The van der Waals surface area contributed by atoms with Gasteiger partial charge in [-0.1, -0.05) is 55.8 Å². The molecule has 1 unspecified atom stereocenters. The van der Waals surface area contributed by atoms with Gasteiger partial charge in [0.15, 0.2) is 5.11 Å². The SMILES string of the molecule is CCCCOC(=O)CC1C(=O)NCCN1C(=S)NC(=O)c1ccccc1OCCc1ccccc1. The summed E-state index contributed by atoms with van der Waals surface area (Å²) in [6, 6.07) is 16.0. The lowest BCUT2D eigenvalue weighted by Crippen LogP contribution is -2.60. The summed E-state index contributed by atoms with van der Waals surface area (Å²) in [4.78, 5) is 39.3. The molecule has 2 aromatic carbocycles. The second kappa shape index (κ2) is 13.4. The second-order valence-corrected chi connectivity index (χ2v) is 8.50. The highest BCUT2D eigenvalue weighted by atomic mass is 32.1. The fraction of sp³-hybridized carbons (Fsp3) is 0.385. The van der Waals surface area contributed by atoms with E-state index in [0.29, 0.717) is 44.0 Å². The average molecular weight is 498 g/mol. The van der Waals surface area contributed by atoms with Gasteiger partial charge in [0.25, 0.3) is 5.91 Å². The Labute approximate surface area is 211 Å². The molecule has 186 valence electrons. The predicted octanol–water partition coefficient (Wildman–Crippen LogP) is 2.86. The molecule has 35 heavy (non-hydrogen) atoms. The highest BCUT2D eigenvalue weighted by Crippen LogP contribution is 2.19.